The number of anilines is 3. The van der Waals surface area contributed by atoms with E-state index >= 15 is 0 Å². The van der Waals surface area contributed by atoms with Crippen LogP contribution in [0.3, 0.4) is 0 Å². The number of urea groups is 1. The van der Waals surface area contributed by atoms with Crippen molar-refractivity contribution in [2.75, 3.05) is 15.5 Å². The Morgan fingerprint density at radius 1 is 1.00 bits per heavy atom. The third kappa shape index (κ3) is 3.16. The maximum absolute atomic E-state index is 13.6. The molecular weight excluding hydrogens is 378 g/mol. The van der Waals surface area contributed by atoms with Crippen molar-refractivity contribution in [3.05, 3.63) is 90.0 Å². The Morgan fingerprint density at radius 2 is 1.80 bits per heavy atom. The van der Waals surface area contributed by atoms with Gasteiger partial charge in [-0.2, -0.15) is 0 Å². The number of nitrogens with one attached hydrogen (secondary N) is 2. The van der Waals surface area contributed by atoms with Crippen LogP contribution < -0.4 is 15.5 Å². The second-order valence-electron chi connectivity index (χ2n) is 7.40. The van der Waals surface area contributed by atoms with Crippen LogP contribution in [0.2, 0.25) is 0 Å². The first-order chi connectivity index (χ1) is 14.7. The van der Waals surface area contributed by atoms with Crippen LogP contribution in [0.25, 0.3) is 0 Å². The lowest BCUT2D eigenvalue weighted by Crippen LogP contribution is -2.40. The minimum Gasteiger partial charge on any atom is -0.467 e. The highest BCUT2D eigenvalue weighted by Gasteiger charge is 2.40. The number of carbonyl (C=O) groups excluding carboxylic acids is 2. The predicted molar refractivity (Wildman–Crippen MR) is 115 cm³/mol. The number of benzene rings is 2. The predicted octanol–water partition coefficient (Wildman–Crippen LogP) is 5.49. The van der Waals surface area contributed by atoms with E-state index in [0.717, 1.165) is 24.2 Å². The molecule has 2 N–H and O–H groups in total. The fourth-order valence-electron chi connectivity index (χ4n) is 4.18. The monoisotopic (exact) mass is 399 g/mol. The first kappa shape index (κ1) is 18.2. The summed E-state index contributed by atoms with van der Waals surface area (Å²) in [5, 5.41) is 6.39. The number of carbonyl (C=O) groups is 2. The SMILES string of the molecule is O=C1CCCC2=C1C(c1ccco1)N(C(=O)Nc1ccccc1)c1ccccc1N2. The van der Waals surface area contributed by atoms with Crippen molar-refractivity contribution in [3.63, 3.8) is 0 Å². The molecule has 30 heavy (non-hydrogen) atoms. The van der Waals surface area contributed by atoms with Gasteiger partial charge in [0.15, 0.2) is 5.78 Å². The molecule has 2 aliphatic rings. The first-order valence-electron chi connectivity index (χ1n) is 10.0. The maximum atomic E-state index is 13.6. The summed E-state index contributed by atoms with van der Waals surface area (Å²) in [5.74, 6) is 0.593. The molecule has 0 radical (unpaired) electrons. The number of para-hydroxylation sites is 3. The quantitative estimate of drug-likeness (QED) is 0.597. The van der Waals surface area contributed by atoms with Crippen LogP contribution >= 0.6 is 0 Å². The lowest BCUT2D eigenvalue weighted by molar-refractivity contribution is -0.116. The van der Waals surface area contributed by atoms with Gasteiger partial charge in [0.2, 0.25) is 0 Å². The lowest BCUT2D eigenvalue weighted by atomic mass is 9.88. The molecular formula is C24H21N3O3. The van der Waals surface area contributed by atoms with E-state index in [2.05, 4.69) is 10.6 Å². The number of hydrogen-bond donors (Lipinski definition) is 2. The van der Waals surface area contributed by atoms with E-state index in [1.807, 2.05) is 60.7 Å². The molecule has 0 bridgehead atoms. The fourth-order valence-corrected chi connectivity index (χ4v) is 4.18. The van der Waals surface area contributed by atoms with Crippen molar-refractivity contribution < 1.29 is 14.0 Å². The van der Waals surface area contributed by atoms with Gasteiger partial charge in [0.05, 0.1) is 17.6 Å². The summed E-state index contributed by atoms with van der Waals surface area (Å²) in [6, 6.07) is 19.5. The molecule has 6 nitrogen and oxygen atoms in total. The molecule has 150 valence electrons. The molecule has 3 aromatic rings. The van der Waals surface area contributed by atoms with Crippen LogP contribution in [0, 0.1) is 0 Å². The highest BCUT2D eigenvalue weighted by Crippen LogP contribution is 2.45. The van der Waals surface area contributed by atoms with Crippen molar-refractivity contribution in [2.45, 2.75) is 25.3 Å². The molecule has 2 heterocycles. The number of amides is 2. The zero-order valence-corrected chi connectivity index (χ0v) is 16.3. The first-order valence-corrected chi connectivity index (χ1v) is 10.0. The highest BCUT2D eigenvalue weighted by atomic mass is 16.3. The fraction of sp³-hybridized carbons (Fsp3) is 0.167. The van der Waals surface area contributed by atoms with E-state index in [4.69, 9.17) is 4.42 Å². The summed E-state index contributed by atoms with van der Waals surface area (Å²) in [4.78, 5) is 28.3. The number of hydrogen-bond acceptors (Lipinski definition) is 4. The van der Waals surface area contributed by atoms with Gasteiger partial charge in [-0.25, -0.2) is 4.79 Å². The second kappa shape index (κ2) is 7.55. The van der Waals surface area contributed by atoms with Crippen molar-refractivity contribution in [1.29, 1.82) is 0 Å². The minimum atomic E-state index is -0.650. The summed E-state index contributed by atoms with van der Waals surface area (Å²) in [6.45, 7) is 0. The zero-order valence-electron chi connectivity index (χ0n) is 16.3. The summed E-state index contributed by atoms with van der Waals surface area (Å²) in [6.07, 6.45) is 3.57. The lowest BCUT2D eigenvalue weighted by Gasteiger charge is -2.32. The van der Waals surface area contributed by atoms with Crippen molar-refractivity contribution in [3.8, 4) is 0 Å². The number of fused-ring (bicyclic) bond motifs is 1. The van der Waals surface area contributed by atoms with Crippen molar-refractivity contribution in [2.24, 2.45) is 0 Å². The van der Waals surface area contributed by atoms with E-state index in [1.165, 1.54) is 0 Å². The van der Waals surface area contributed by atoms with Gasteiger partial charge in [0.25, 0.3) is 0 Å². The molecule has 0 saturated heterocycles. The van der Waals surface area contributed by atoms with Crippen LogP contribution in [0.5, 0.6) is 0 Å². The molecule has 1 atom stereocenters. The smallest absolute Gasteiger partial charge is 0.327 e. The Kier molecular flexibility index (Phi) is 4.59. The van der Waals surface area contributed by atoms with Gasteiger partial charge in [-0.05, 0) is 49.2 Å². The molecule has 5 rings (SSSR count). The van der Waals surface area contributed by atoms with Crippen molar-refractivity contribution >= 4 is 28.9 Å². The molecule has 1 aliphatic heterocycles. The molecule has 0 fully saturated rings. The Labute approximate surface area is 174 Å². The molecule has 6 heteroatoms. The Bertz CT molecular complexity index is 1120. The standard InChI is InChI=1S/C24H21N3O3/c28-20-13-6-11-18-22(20)23(21-14-7-15-30-21)27(19-12-5-4-10-17(19)26-18)24(29)25-16-8-2-1-3-9-16/h1-5,7-10,12,14-15,23,26H,6,11,13H2,(H,25,29). The topological polar surface area (TPSA) is 74.6 Å². The number of Topliss-reactive ketones (excluding diaryl/α,β-unsaturated/α-hetero) is 1. The van der Waals surface area contributed by atoms with Gasteiger partial charge >= 0.3 is 6.03 Å². The average Bonchev–Trinajstić information content (AvgIpc) is 3.24. The van der Waals surface area contributed by atoms with E-state index in [9.17, 15) is 9.59 Å². The van der Waals surface area contributed by atoms with Crippen molar-refractivity contribution in [1.82, 2.24) is 0 Å². The summed E-state index contributed by atoms with van der Waals surface area (Å²) in [5.41, 5.74) is 3.61. The minimum absolute atomic E-state index is 0.0375. The van der Waals surface area contributed by atoms with Gasteiger partial charge in [0, 0.05) is 23.4 Å². The van der Waals surface area contributed by atoms with Crippen LogP contribution in [0.1, 0.15) is 31.1 Å². The normalized spacial score (nSPS) is 18.2. The number of ketones is 1. The van der Waals surface area contributed by atoms with E-state index in [1.54, 1.807) is 17.2 Å². The molecule has 1 aliphatic carbocycles. The van der Waals surface area contributed by atoms with Crippen LogP contribution in [-0.4, -0.2) is 11.8 Å². The second-order valence-corrected chi connectivity index (χ2v) is 7.40. The number of rotatable bonds is 2. The van der Waals surface area contributed by atoms with E-state index < -0.39 is 6.04 Å². The maximum Gasteiger partial charge on any atom is 0.327 e. The molecule has 1 unspecified atom stereocenters. The molecule has 2 aromatic carbocycles. The number of nitrogens with zero attached hydrogens (tertiary/aromatic N) is 1. The third-order valence-electron chi connectivity index (χ3n) is 5.49. The summed E-state index contributed by atoms with van der Waals surface area (Å²) in [7, 11) is 0. The largest absolute Gasteiger partial charge is 0.467 e. The Balaban J connectivity index is 1.69. The van der Waals surface area contributed by atoms with Gasteiger partial charge in [-0.3, -0.25) is 9.69 Å². The Morgan fingerprint density at radius 3 is 2.60 bits per heavy atom. The van der Waals surface area contributed by atoms with Gasteiger partial charge in [0.1, 0.15) is 11.8 Å². The number of furan rings is 1. The van der Waals surface area contributed by atoms with Gasteiger partial charge in [-0.1, -0.05) is 30.3 Å². The van der Waals surface area contributed by atoms with Gasteiger partial charge < -0.3 is 15.1 Å². The molecule has 1 aromatic heterocycles. The van der Waals surface area contributed by atoms with Crippen LogP contribution in [0.15, 0.2) is 88.7 Å². The summed E-state index contributed by atoms with van der Waals surface area (Å²) >= 11 is 0. The molecule has 2 amide bonds. The van der Waals surface area contributed by atoms with E-state index in [-0.39, 0.29) is 11.8 Å². The third-order valence-corrected chi connectivity index (χ3v) is 5.49. The molecule has 0 saturated carbocycles. The van der Waals surface area contributed by atoms with E-state index in [0.29, 0.717) is 29.1 Å². The van der Waals surface area contributed by atoms with Gasteiger partial charge in [-0.15, -0.1) is 0 Å². The van der Waals surface area contributed by atoms with Crippen LogP contribution in [0.4, 0.5) is 21.9 Å². The zero-order chi connectivity index (χ0) is 20.5. The average molecular weight is 399 g/mol. The highest BCUT2D eigenvalue weighted by molar-refractivity contribution is 6.09. The molecule has 0 spiro atoms. The Hall–Kier alpha value is -3.80. The number of allylic oxidation sites excluding steroid dienone is 1. The summed E-state index contributed by atoms with van der Waals surface area (Å²) < 4.78 is 5.74. The van der Waals surface area contributed by atoms with Crippen LogP contribution in [-0.2, 0) is 4.79 Å².